The second-order valence-electron chi connectivity index (χ2n) is 19.8. The normalized spacial score (nSPS) is 13.2. The standard InChI is InChI=1S/C62H45BN2O4/c1-36-28-41(57-32-40-14-6-9-21-53(40)68-57)29-37(2)60(36)65-51-20-13-19-50-59(51)63(58-46-33-42(62(3,4)5)25-27-56(46)69-61(58)65)49-26-24-39(48-35-67-55-23-11-8-18-45(48)55)31-52(49)64(50)43-16-12-15-38(30-43)47-34-66-54-22-10-7-17-44(47)54/h6-35H,1-5H3. The van der Waals surface area contributed by atoms with E-state index in [0.29, 0.717) is 0 Å². The predicted octanol–water partition coefficient (Wildman–Crippen LogP) is 15.7. The van der Waals surface area contributed by atoms with Crippen molar-refractivity contribution < 1.29 is 17.7 Å². The summed E-state index contributed by atoms with van der Waals surface area (Å²) in [6.45, 7) is 11.1. The van der Waals surface area contributed by atoms with Crippen LogP contribution in [0.3, 0.4) is 0 Å². The van der Waals surface area contributed by atoms with Gasteiger partial charge in [0.15, 0.2) is 0 Å². The van der Waals surface area contributed by atoms with E-state index in [1.165, 1.54) is 16.5 Å². The molecule has 4 aromatic heterocycles. The fourth-order valence-corrected chi connectivity index (χ4v) is 11.4. The maximum absolute atomic E-state index is 7.26. The first-order valence-electron chi connectivity index (χ1n) is 23.7. The molecule has 0 amide bonds. The molecule has 0 aliphatic carbocycles. The number of hydrogen-bond acceptors (Lipinski definition) is 6. The van der Waals surface area contributed by atoms with Crippen LogP contribution in [-0.2, 0) is 5.41 Å². The lowest BCUT2D eigenvalue weighted by molar-refractivity contribution is 0.589. The largest absolute Gasteiger partial charge is 0.464 e. The first-order valence-corrected chi connectivity index (χ1v) is 23.7. The lowest BCUT2D eigenvalue weighted by Crippen LogP contribution is -2.61. The van der Waals surface area contributed by atoms with Gasteiger partial charge in [0.1, 0.15) is 28.1 Å². The first kappa shape index (κ1) is 39.7. The molecular weight excluding hydrogens is 848 g/mol. The van der Waals surface area contributed by atoms with Gasteiger partial charge < -0.3 is 22.6 Å². The molecule has 2 aliphatic rings. The second kappa shape index (κ2) is 14.5. The maximum atomic E-state index is 7.26. The SMILES string of the molecule is Cc1cc(-c2cc3ccccc3o2)cc(C)c1N1c2cccc3c2B(c2ccc(-c4coc5ccccc45)cc2N3c2cccc(-c3coc4ccccc34)c2)c2c1oc1ccc(C(C)(C)C)cc21. The highest BCUT2D eigenvalue weighted by Crippen LogP contribution is 2.49. The van der Waals surface area contributed by atoms with Crippen LogP contribution in [0.5, 0.6) is 0 Å². The van der Waals surface area contributed by atoms with Crippen LogP contribution in [0.25, 0.3) is 77.5 Å². The Balaban J connectivity index is 1.04. The summed E-state index contributed by atoms with van der Waals surface area (Å²) in [6.07, 6.45) is 3.78. The van der Waals surface area contributed by atoms with E-state index in [0.717, 1.165) is 128 Å². The predicted molar refractivity (Wildman–Crippen MR) is 284 cm³/mol. The summed E-state index contributed by atoms with van der Waals surface area (Å²) in [7, 11) is 0. The van der Waals surface area contributed by atoms with E-state index in [1.807, 2.05) is 48.9 Å². The van der Waals surface area contributed by atoms with Crippen LogP contribution in [0.1, 0.15) is 37.5 Å². The Morgan fingerprint density at radius 1 is 0.464 bits per heavy atom. The maximum Gasteiger partial charge on any atom is 0.257 e. The lowest BCUT2D eigenvalue weighted by atomic mass is 9.33. The highest BCUT2D eigenvalue weighted by atomic mass is 16.4. The summed E-state index contributed by atoms with van der Waals surface area (Å²) in [5.74, 6) is 1.69. The molecule has 330 valence electrons. The van der Waals surface area contributed by atoms with Gasteiger partial charge >= 0.3 is 0 Å². The number of nitrogens with zero attached hydrogens (tertiary/aromatic N) is 2. The molecule has 8 aromatic carbocycles. The van der Waals surface area contributed by atoms with Crippen molar-refractivity contribution >= 4 is 101 Å². The van der Waals surface area contributed by atoms with Gasteiger partial charge in [0, 0.05) is 66.4 Å². The van der Waals surface area contributed by atoms with Gasteiger partial charge in [-0.3, -0.25) is 4.90 Å². The minimum Gasteiger partial charge on any atom is -0.464 e. The molecule has 2 aliphatic heterocycles. The minimum atomic E-state index is -0.156. The van der Waals surface area contributed by atoms with Crippen molar-refractivity contribution in [3.63, 3.8) is 0 Å². The number of fused-ring (bicyclic) bond motifs is 9. The molecule has 12 aromatic rings. The highest BCUT2D eigenvalue weighted by Gasteiger charge is 2.47. The van der Waals surface area contributed by atoms with Crippen LogP contribution in [-0.4, -0.2) is 6.71 Å². The molecule has 0 unspecified atom stereocenters. The molecule has 0 bridgehead atoms. The zero-order chi connectivity index (χ0) is 46.3. The van der Waals surface area contributed by atoms with Gasteiger partial charge in [0.25, 0.3) is 6.71 Å². The number of benzene rings is 8. The topological polar surface area (TPSA) is 59.0 Å². The first-order chi connectivity index (χ1) is 33.7. The number of furan rings is 4. The lowest BCUT2D eigenvalue weighted by Gasteiger charge is -2.43. The third-order valence-electron chi connectivity index (χ3n) is 14.6. The molecule has 0 saturated heterocycles. The van der Waals surface area contributed by atoms with Crippen LogP contribution >= 0.6 is 0 Å². The average Bonchev–Trinajstić information content (AvgIpc) is 4.18. The third-order valence-corrected chi connectivity index (χ3v) is 14.6. The average molecular weight is 893 g/mol. The van der Waals surface area contributed by atoms with Crippen molar-refractivity contribution in [2.24, 2.45) is 0 Å². The molecule has 0 atom stereocenters. The Bertz CT molecular complexity index is 4030. The summed E-state index contributed by atoms with van der Waals surface area (Å²) in [5.41, 5.74) is 21.2. The van der Waals surface area contributed by atoms with Crippen molar-refractivity contribution in [1.82, 2.24) is 0 Å². The fourth-order valence-electron chi connectivity index (χ4n) is 11.4. The monoisotopic (exact) mass is 892 g/mol. The van der Waals surface area contributed by atoms with Gasteiger partial charge in [-0.1, -0.05) is 112 Å². The Labute approximate surface area is 399 Å². The Morgan fingerprint density at radius 2 is 1.12 bits per heavy atom. The van der Waals surface area contributed by atoms with E-state index in [9.17, 15) is 0 Å². The summed E-state index contributed by atoms with van der Waals surface area (Å²) >= 11 is 0. The molecule has 6 nitrogen and oxygen atoms in total. The minimum absolute atomic E-state index is 0.0791. The van der Waals surface area contributed by atoms with E-state index >= 15 is 0 Å². The Morgan fingerprint density at radius 3 is 1.83 bits per heavy atom. The summed E-state index contributed by atoms with van der Waals surface area (Å²) in [5, 5.41) is 4.38. The molecule has 14 rings (SSSR count). The molecule has 0 fully saturated rings. The van der Waals surface area contributed by atoms with E-state index < -0.39 is 0 Å². The van der Waals surface area contributed by atoms with Crippen molar-refractivity contribution in [2.45, 2.75) is 40.0 Å². The molecular formula is C62H45BN2O4. The van der Waals surface area contributed by atoms with Crippen molar-refractivity contribution in [1.29, 1.82) is 0 Å². The second-order valence-corrected chi connectivity index (χ2v) is 19.8. The quantitative estimate of drug-likeness (QED) is 0.160. The Kier molecular flexibility index (Phi) is 8.37. The highest BCUT2D eigenvalue weighted by molar-refractivity contribution is 7.01. The number of hydrogen-bond donors (Lipinski definition) is 0. The van der Waals surface area contributed by atoms with Gasteiger partial charge in [-0.2, -0.15) is 0 Å². The molecule has 0 spiro atoms. The van der Waals surface area contributed by atoms with Crippen molar-refractivity contribution in [3.8, 4) is 33.6 Å². The Hall–Kier alpha value is -8.42. The zero-order valence-electron chi connectivity index (χ0n) is 38.9. The number of anilines is 6. The number of aryl methyl sites for hydroxylation is 2. The molecule has 6 heterocycles. The van der Waals surface area contributed by atoms with Crippen LogP contribution in [0.4, 0.5) is 34.3 Å². The summed E-state index contributed by atoms with van der Waals surface area (Å²) < 4.78 is 26.0. The molecule has 69 heavy (non-hydrogen) atoms. The van der Waals surface area contributed by atoms with Crippen LogP contribution in [0.15, 0.2) is 200 Å². The van der Waals surface area contributed by atoms with Crippen LogP contribution < -0.4 is 26.2 Å². The van der Waals surface area contributed by atoms with E-state index in [-0.39, 0.29) is 12.1 Å². The van der Waals surface area contributed by atoms with Gasteiger partial charge in [-0.05, 0) is 137 Å². The van der Waals surface area contributed by atoms with Gasteiger partial charge in [0.05, 0.1) is 18.2 Å². The summed E-state index contributed by atoms with van der Waals surface area (Å²) in [6, 6.07) is 60.8. The summed E-state index contributed by atoms with van der Waals surface area (Å²) in [4.78, 5) is 4.87. The van der Waals surface area contributed by atoms with Crippen molar-refractivity contribution in [3.05, 3.63) is 199 Å². The van der Waals surface area contributed by atoms with Crippen LogP contribution in [0.2, 0.25) is 0 Å². The fraction of sp³-hybridized carbons (Fsp3) is 0.0968. The van der Waals surface area contributed by atoms with E-state index in [2.05, 4.69) is 178 Å². The van der Waals surface area contributed by atoms with Gasteiger partial charge in [-0.15, -0.1) is 0 Å². The van der Waals surface area contributed by atoms with Crippen LogP contribution in [0, 0.1) is 13.8 Å². The number of para-hydroxylation sites is 3. The van der Waals surface area contributed by atoms with E-state index in [1.54, 1.807) is 0 Å². The van der Waals surface area contributed by atoms with Crippen molar-refractivity contribution in [2.75, 3.05) is 9.80 Å². The zero-order valence-corrected chi connectivity index (χ0v) is 38.9. The molecule has 0 saturated carbocycles. The number of rotatable bonds is 5. The van der Waals surface area contributed by atoms with E-state index in [4.69, 9.17) is 17.7 Å². The smallest absolute Gasteiger partial charge is 0.257 e. The van der Waals surface area contributed by atoms with Gasteiger partial charge in [-0.25, -0.2) is 0 Å². The van der Waals surface area contributed by atoms with Gasteiger partial charge in [0.2, 0.25) is 5.88 Å². The molecule has 0 radical (unpaired) electrons. The molecule has 0 N–H and O–H groups in total. The third kappa shape index (κ3) is 5.93. The molecule has 7 heteroatoms.